The number of aromatic nitrogens is 2. The maximum atomic E-state index is 12.4. The van der Waals surface area contributed by atoms with Crippen LogP contribution in [0.25, 0.3) is 0 Å². The van der Waals surface area contributed by atoms with E-state index in [4.69, 9.17) is 4.74 Å². The van der Waals surface area contributed by atoms with Crippen molar-refractivity contribution in [1.29, 1.82) is 0 Å². The summed E-state index contributed by atoms with van der Waals surface area (Å²) in [6.07, 6.45) is 2.06. The minimum Gasteiger partial charge on any atom is -0.370 e. The molecule has 2 aliphatic heterocycles. The topological polar surface area (TPSA) is 75.3 Å². The van der Waals surface area contributed by atoms with Gasteiger partial charge in [-0.2, -0.15) is 5.10 Å². The number of H-pyrrole nitrogens is 1. The summed E-state index contributed by atoms with van der Waals surface area (Å²) in [4.78, 5) is 26.2. The van der Waals surface area contributed by atoms with E-state index in [2.05, 4.69) is 24.0 Å². The van der Waals surface area contributed by atoms with Gasteiger partial charge in [0, 0.05) is 31.6 Å². The average Bonchev–Trinajstić information content (AvgIpc) is 3.04. The Balaban J connectivity index is 1.54. The van der Waals surface area contributed by atoms with Gasteiger partial charge in [0.1, 0.15) is 11.8 Å². The third kappa shape index (κ3) is 3.06. The van der Waals surface area contributed by atoms with Crippen LogP contribution in [0.3, 0.4) is 0 Å². The van der Waals surface area contributed by atoms with Crippen LogP contribution in [-0.4, -0.2) is 52.6 Å². The maximum absolute atomic E-state index is 12.4. The molecule has 6 heteroatoms. The summed E-state index contributed by atoms with van der Waals surface area (Å²) in [6, 6.07) is 1.83. The molecule has 6 nitrogen and oxygen atoms in total. The summed E-state index contributed by atoms with van der Waals surface area (Å²) in [7, 11) is 0. The standard InChI is InChI=1S/C16H23N3O3/c1-10(2)12-8-13(18-17-12)16(21)19-5-3-11(9-19)7-14(20)15-4-6-22-15/h8,10-11,15H,3-7,9H2,1-2H3,(H,17,18)/t11-,15?/m0/s1. The number of nitrogens with one attached hydrogen (secondary N) is 1. The first kappa shape index (κ1) is 15.2. The van der Waals surface area contributed by atoms with E-state index in [1.54, 1.807) is 4.90 Å². The summed E-state index contributed by atoms with van der Waals surface area (Å²) in [5.41, 5.74) is 1.44. The lowest BCUT2D eigenvalue weighted by Crippen LogP contribution is -2.36. The molecule has 0 bridgehead atoms. The number of amides is 1. The molecule has 1 aromatic rings. The van der Waals surface area contributed by atoms with Crippen molar-refractivity contribution in [2.45, 2.75) is 45.1 Å². The molecule has 1 N–H and O–H groups in total. The van der Waals surface area contributed by atoms with E-state index < -0.39 is 0 Å². The van der Waals surface area contributed by atoms with Gasteiger partial charge >= 0.3 is 0 Å². The van der Waals surface area contributed by atoms with E-state index >= 15 is 0 Å². The molecule has 1 amide bonds. The molecule has 2 saturated heterocycles. The van der Waals surface area contributed by atoms with Crippen LogP contribution in [0.5, 0.6) is 0 Å². The van der Waals surface area contributed by atoms with Crippen LogP contribution >= 0.6 is 0 Å². The molecule has 0 radical (unpaired) electrons. The Morgan fingerprint density at radius 2 is 2.23 bits per heavy atom. The van der Waals surface area contributed by atoms with Crippen molar-refractivity contribution in [2.24, 2.45) is 5.92 Å². The Morgan fingerprint density at radius 3 is 2.82 bits per heavy atom. The Morgan fingerprint density at radius 1 is 1.45 bits per heavy atom. The summed E-state index contributed by atoms with van der Waals surface area (Å²) in [5, 5.41) is 7.03. The van der Waals surface area contributed by atoms with Crippen LogP contribution in [-0.2, 0) is 9.53 Å². The SMILES string of the molecule is CC(C)c1cc(C(=O)N2CC[C@@H](CC(=O)C3CCO3)C2)n[nH]1. The highest BCUT2D eigenvalue weighted by Crippen LogP contribution is 2.25. The van der Waals surface area contributed by atoms with Crippen molar-refractivity contribution >= 4 is 11.7 Å². The quantitative estimate of drug-likeness (QED) is 0.899. The van der Waals surface area contributed by atoms with Crippen molar-refractivity contribution in [3.8, 4) is 0 Å². The van der Waals surface area contributed by atoms with Crippen LogP contribution in [0.4, 0.5) is 0 Å². The lowest BCUT2D eigenvalue weighted by Gasteiger charge is -2.26. The molecule has 0 saturated carbocycles. The molecule has 3 heterocycles. The lowest BCUT2D eigenvalue weighted by atomic mass is 9.96. The van der Waals surface area contributed by atoms with Crippen LogP contribution in [0.2, 0.25) is 0 Å². The fourth-order valence-electron chi connectivity index (χ4n) is 2.99. The van der Waals surface area contributed by atoms with E-state index in [-0.39, 0.29) is 23.7 Å². The van der Waals surface area contributed by atoms with Gasteiger partial charge in [-0.3, -0.25) is 14.7 Å². The Bertz CT molecular complexity index is 563. The van der Waals surface area contributed by atoms with Gasteiger partial charge in [0.05, 0.1) is 6.61 Å². The van der Waals surface area contributed by atoms with Crippen molar-refractivity contribution in [3.63, 3.8) is 0 Å². The van der Waals surface area contributed by atoms with Crippen LogP contribution in [0.15, 0.2) is 6.07 Å². The third-order valence-electron chi connectivity index (χ3n) is 4.56. The first-order chi connectivity index (χ1) is 10.5. The van der Waals surface area contributed by atoms with Crippen molar-refractivity contribution in [1.82, 2.24) is 15.1 Å². The first-order valence-electron chi connectivity index (χ1n) is 8.03. The first-order valence-corrected chi connectivity index (χ1v) is 8.03. The van der Waals surface area contributed by atoms with E-state index in [0.717, 1.165) is 18.5 Å². The third-order valence-corrected chi connectivity index (χ3v) is 4.56. The number of hydrogen-bond donors (Lipinski definition) is 1. The second kappa shape index (κ2) is 6.20. The fourth-order valence-corrected chi connectivity index (χ4v) is 2.99. The molecule has 0 spiro atoms. The fraction of sp³-hybridized carbons (Fsp3) is 0.688. The summed E-state index contributed by atoms with van der Waals surface area (Å²) >= 11 is 0. The van der Waals surface area contributed by atoms with Gasteiger partial charge in [-0.05, 0) is 24.3 Å². The largest absolute Gasteiger partial charge is 0.370 e. The van der Waals surface area contributed by atoms with Gasteiger partial charge in [-0.15, -0.1) is 0 Å². The number of Topliss-reactive ketones (excluding diaryl/α,β-unsaturated/α-hetero) is 1. The van der Waals surface area contributed by atoms with Gasteiger partial charge in [-0.1, -0.05) is 13.8 Å². The Kier molecular flexibility index (Phi) is 4.29. The van der Waals surface area contributed by atoms with Crippen molar-refractivity contribution in [3.05, 3.63) is 17.5 Å². The number of ether oxygens (including phenoxy) is 1. The molecule has 0 aromatic carbocycles. The molecule has 22 heavy (non-hydrogen) atoms. The smallest absolute Gasteiger partial charge is 0.274 e. The molecule has 2 aliphatic rings. The zero-order chi connectivity index (χ0) is 15.7. The Hall–Kier alpha value is -1.69. The number of rotatable bonds is 5. The molecule has 1 unspecified atom stereocenters. The van der Waals surface area contributed by atoms with E-state index in [0.29, 0.717) is 37.7 Å². The highest BCUT2D eigenvalue weighted by atomic mass is 16.5. The van der Waals surface area contributed by atoms with Gasteiger partial charge in [0.2, 0.25) is 0 Å². The highest BCUT2D eigenvalue weighted by molar-refractivity contribution is 5.92. The number of ketones is 1. The minimum absolute atomic E-state index is 0.0435. The van der Waals surface area contributed by atoms with Crippen LogP contribution < -0.4 is 0 Å². The van der Waals surface area contributed by atoms with Crippen molar-refractivity contribution < 1.29 is 14.3 Å². The van der Waals surface area contributed by atoms with E-state index in [1.165, 1.54) is 0 Å². The molecule has 1 aromatic heterocycles. The summed E-state index contributed by atoms with van der Waals surface area (Å²) in [6.45, 7) is 6.15. The number of carbonyl (C=O) groups is 2. The highest BCUT2D eigenvalue weighted by Gasteiger charge is 2.33. The number of nitrogens with zero attached hydrogens (tertiary/aromatic N) is 2. The van der Waals surface area contributed by atoms with Gasteiger partial charge in [0.15, 0.2) is 5.78 Å². The average molecular weight is 305 g/mol. The van der Waals surface area contributed by atoms with E-state index in [1.807, 2.05) is 6.07 Å². The van der Waals surface area contributed by atoms with Crippen LogP contribution in [0, 0.1) is 5.92 Å². The second-order valence-corrected chi connectivity index (χ2v) is 6.59. The molecule has 3 rings (SSSR count). The predicted octanol–water partition coefficient (Wildman–Crippen LogP) is 1.74. The number of aromatic amines is 1. The molecular weight excluding hydrogens is 282 g/mol. The van der Waals surface area contributed by atoms with E-state index in [9.17, 15) is 9.59 Å². The Labute approximate surface area is 130 Å². The molecule has 2 fully saturated rings. The molecule has 0 aliphatic carbocycles. The van der Waals surface area contributed by atoms with Gasteiger partial charge < -0.3 is 9.64 Å². The monoisotopic (exact) mass is 305 g/mol. The molecular formula is C16H23N3O3. The zero-order valence-corrected chi connectivity index (χ0v) is 13.2. The summed E-state index contributed by atoms with van der Waals surface area (Å²) in [5.74, 6) is 0.718. The van der Waals surface area contributed by atoms with Gasteiger partial charge in [-0.25, -0.2) is 0 Å². The molecule has 120 valence electrons. The number of likely N-dealkylation sites (tertiary alicyclic amines) is 1. The lowest BCUT2D eigenvalue weighted by molar-refractivity contribution is -0.143. The number of carbonyl (C=O) groups excluding carboxylic acids is 2. The second-order valence-electron chi connectivity index (χ2n) is 6.59. The van der Waals surface area contributed by atoms with Crippen molar-refractivity contribution in [2.75, 3.05) is 19.7 Å². The normalized spacial score (nSPS) is 24.6. The zero-order valence-electron chi connectivity index (χ0n) is 13.2. The number of hydrogen-bond acceptors (Lipinski definition) is 4. The van der Waals surface area contributed by atoms with Crippen LogP contribution in [0.1, 0.15) is 55.2 Å². The predicted molar refractivity (Wildman–Crippen MR) is 80.7 cm³/mol. The molecule has 2 atom stereocenters. The van der Waals surface area contributed by atoms with Gasteiger partial charge in [0.25, 0.3) is 5.91 Å². The summed E-state index contributed by atoms with van der Waals surface area (Å²) < 4.78 is 5.23. The maximum Gasteiger partial charge on any atom is 0.274 e. The minimum atomic E-state index is -0.190.